The Labute approximate surface area is 257 Å². The van der Waals surface area contributed by atoms with Gasteiger partial charge in [0.25, 0.3) is 0 Å². The fraction of sp³-hybridized carbons (Fsp3) is 0.452. The summed E-state index contributed by atoms with van der Waals surface area (Å²) < 4.78 is 44.1. The molecule has 0 radical (unpaired) electrons. The molecule has 4 aromatic rings. The fourth-order valence-corrected chi connectivity index (χ4v) is 8.26. The zero-order valence-corrected chi connectivity index (χ0v) is 25.7. The minimum absolute atomic E-state index is 0.0641. The van der Waals surface area contributed by atoms with E-state index in [9.17, 15) is 9.65 Å². The van der Waals surface area contributed by atoms with Crippen molar-refractivity contribution in [3.8, 4) is 23.2 Å². The van der Waals surface area contributed by atoms with Gasteiger partial charge in [0.05, 0.1) is 39.4 Å². The van der Waals surface area contributed by atoms with Crippen molar-refractivity contribution >= 4 is 54.7 Å². The van der Waals surface area contributed by atoms with Crippen molar-refractivity contribution in [1.82, 2.24) is 14.9 Å². The summed E-state index contributed by atoms with van der Waals surface area (Å²) in [6.45, 7) is 6.79. The number of likely N-dealkylation sites (N-methyl/N-ethyl adjacent to an activating group) is 1. The first kappa shape index (κ1) is 28.5. The number of nitriles is 1. The van der Waals surface area contributed by atoms with E-state index in [2.05, 4.69) is 34.8 Å². The normalized spacial score (nSPS) is 20.7. The highest BCUT2D eigenvalue weighted by atomic mass is 35.5. The second-order valence-electron chi connectivity index (χ2n) is 12.0. The first-order valence-corrected chi connectivity index (χ1v) is 15.7. The quantitative estimate of drug-likeness (QED) is 0.276. The van der Waals surface area contributed by atoms with Crippen LogP contribution in [0.25, 0.3) is 32.1 Å². The summed E-state index contributed by atoms with van der Waals surface area (Å²) in [4.78, 5) is 14.0. The topological polar surface area (TPSA) is 101 Å². The predicted octanol–water partition coefficient (Wildman–Crippen LogP) is 6.30. The van der Waals surface area contributed by atoms with Crippen molar-refractivity contribution in [2.24, 2.45) is 0 Å². The molecule has 12 heteroatoms. The number of nitrogens with zero attached hydrogens (tertiary/aromatic N) is 5. The van der Waals surface area contributed by atoms with E-state index in [1.807, 2.05) is 6.92 Å². The zero-order valence-electron chi connectivity index (χ0n) is 24.1. The molecule has 0 unspecified atom stereocenters. The van der Waals surface area contributed by atoms with Gasteiger partial charge in [-0.2, -0.15) is 15.2 Å². The average molecular weight is 625 g/mol. The molecule has 2 N–H and O–H groups in total. The van der Waals surface area contributed by atoms with E-state index < -0.39 is 11.6 Å². The summed E-state index contributed by atoms with van der Waals surface area (Å²) in [6.07, 6.45) is 3.13. The van der Waals surface area contributed by atoms with Crippen LogP contribution < -0.4 is 15.4 Å². The van der Waals surface area contributed by atoms with E-state index in [0.29, 0.717) is 48.5 Å². The number of fused-ring (bicyclic) bond motifs is 1. The molecule has 2 aromatic heterocycles. The Balaban J connectivity index is 1.50. The van der Waals surface area contributed by atoms with E-state index in [1.165, 1.54) is 12.1 Å². The van der Waals surface area contributed by atoms with Gasteiger partial charge in [0.2, 0.25) is 0 Å². The smallest absolute Gasteiger partial charge is 0.319 e. The molecule has 0 aliphatic carbocycles. The Morgan fingerprint density at radius 2 is 2.02 bits per heavy atom. The Hall–Kier alpha value is -3.30. The van der Waals surface area contributed by atoms with E-state index >= 15 is 4.39 Å². The first-order valence-electron chi connectivity index (χ1n) is 14.5. The van der Waals surface area contributed by atoms with Gasteiger partial charge in [0.1, 0.15) is 34.3 Å². The third kappa shape index (κ3) is 4.33. The van der Waals surface area contributed by atoms with Crippen LogP contribution in [-0.4, -0.2) is 65.9 Å². The first-order chi connectivity index (χ1) is 20.6. The largest absolute Gasteiger partial charge is 0.459 e. The molecule has 0 saturated carbocycles. The maximum absolute atomic E-state index is 17.1. The Kier molecular flexibility index (Phi) is 6.89. The number of nitrogens with two attached hydrogens (primary N) is 1. The second kappa shape index (κ2) is 10.4. The van der Waals surface area contributed by atoms with Crippen LogP contribution in [0.3, 0.4) is 0 Å². The number of likely N-dealkylation sites (tertiary alicyclic amines) is 1. The van der Waals surface area contributed by atoms with E-state index in [-0.39, 0.29) is 60.4 Å². The zero-order chi connectivity index (χ0) is 30.2. The van der Waals surface area contributed by atoms with Crippen molar-refractivity contribution in [1.29, 1.82) is 5.26 Å². The number of hydrogen-bond acceptors (Lipinski definition) is 9. The molecule has 224 valence electrons. The maximum atomic E-state index is 17.1. The van der Waals surface area contributed by atoms with Gasteiger partial charge >= 0.3 is 6.01 Å². The standard InChI is InChI=1S/C31H31ClF2N6O2S/c1-15(20-7-5-10-39(20)3)42-30-37-26-23-17(6-4-11-40(29(23)38-30)31(2)13-41-14-31)24(32)22(25(26)34)16-8-9-19(33)27-21(16)18(12-35)28(36)43-27/h8-9,15,20H,4-7,10-11,13-14,36H2,1-3H3/t15-,20-/m0/s1. The van der Waals surface area contributed by atoms with Gasteiger partial charge in [0, 0.05) is 23.5 Å². The van der Waals surface area contributed by atoms with Crippen LogP contribution in [0.2, 0.25) is 5.02 Å². The Morgan fingerprint density at radius 1 is 1.23 bits per heavy atom. The molecular weight excluding hydrogens is 594 g/mol. The van der Waals surface area contributed by atoms with Gasteiger partial charge in [-0.15, -0.1) is 11.3 Å². The minimum Gasteiger partial charge on any atom is -0.459 e. The lowest BCUT2D eigenvalue weighted by Crippen LogP contribution is -2.61. The van der Waals surface area contributed by atoms with Gasteiger partial charge in [-0.3, -0.25) is 4.90 Å². The molecule has 0 spiro atoms. The molecule has 0 bridgehead atoms. The van der Waals surface area contributed by atoms with Crippen molar-refractivity contribution < 1.29 is 18.3 Å². The van der Waals surface area contributed by atoms with E-state index in [0.717, 1.165) is 37.1 Å². The van der Waals surface area contributed by atoms with Gasteiger partial charge in [-0.05, 0) is 70.3 Å². The lowest BCUT2D eigenvalue weighted by atomic mass is 9.93. The molecule has 2 fully saturated rings. The highest BCUT2D eigenvalue weighted by Gasteiger charge is 2.43. The number of ether oxygens (including phenoxy) is 2. The third-order valence-corrected chi connectivity index (χ3v) is 10.7. The summed E-state index contributed by atoms with van der Waals surface area (Å²) in [5, 5.41) is 11.0. The molecule has 2 saturated heterocycles. The molecular formula is C31H31ClF2N6O2S. The van der Waals surface area contributed by atoms with Gasteiger partial charge in [-0.25, -0.2) is 8.78 Å². The van der Waals surface area contributed by atoms with E-state index in [4.69, 9.17) is 31.8 Å². The highest BCUT2D eigenvalue weighted by molar-refractivity contribution is 7.23. The van der Waals surface area contributed by atoms with Crippen LogP contribution in [-0.2, 0) is 11.2 Å². The highest BCUT2D eigenvalue weighted by Crippen LogP contribution is 2.49. The molecule has 3 aliphatic heterocycles. The number of anilines is 2. The lowest BCUT2D eigenvalue weighted by Gasteiger charge is -2.47. The number of thiophene rings is 1. The summed E-state index contributed by atoms with van der Waals surface area (Å²) in [5.74, 6) is -0.647. The molecule has 5 heterocycles. The van der Waals surface area contributed by atoms with Crippen LogP contribution >= 0.6 is 22.9 Å². The van der Waals surface area contributed by atoms with Crippen LogP contribution in [0, 0.1) is 23.0 Å². The monoisotopic (exact) mass is 624 g/mol. The fourth-order valence-electron chi connectivity index (χ4n) is 6.94. The lowest BCUT2D eigenvalue weighted by molar-refractivity contribution is -0.0480. The number of aromatic nitrogens is 2. The number of nitrogen functional groups attached to an aromatic ring is 1. The average Bonchev–Trinajstić information content (AvgIpc) is 3.48. The number of aryl methyl sites for hydroxylation is 1. The number of rotatable bonds is 5. The Morgan fingerprint density at radius 3 is 2.70 bits per heavy atom. The van der Waals surface area contributed by atoms with Crippen molar-refractivity contribution in [2.75, 3.05) is 44.0 Å². The summed E-state index contributed by atoms with van der Waals surface area (Å²) in [7, 11) is 2.07. The van der Waals surface area contributed by atoms with Crippen molar-refractivity contribution in [2.45, 2.75) is 57.2 Å². The van der Waals surface area contributed by atoms with Crippen molar-refractivity contribution in [3.05, 3.63) is 39.9 Å². The van der Waals surface area contributed by atoms with Gasteiger partial charge < -0.3 is 20.1 Å². The predicted molar refractivity (Wildman–Crippen MR) is 165 cm³/mol. The second-order valence-corrected chi connectivity index (χ2v) is 13.5. The molecule has 2 atom stereocenters. The van der Waals surface area contributed by atoms with Crippen LogP contribution in [0.4, 0.5) is 19.6 Å². The van der Waals surface area contributed by atoms with Crippen LogP contribution in [0.15, 0.2) is 12.1 Å². The minimum atomic E-state index is -0.679. The summed E-state index contributed by atoms with van der Waals surface area (Å²) in [5.41, 5.74) is 7.03. The Bertz CT molecular complexity index is 1840. The van der Waals surface area contributed by atoms with Gasteiger partial charge in [0.15, 0.2) is 5.82 Å². The number of hydrogen-bond donors (Lipinski definition) is 1. The molecule has 3 aliphatic rings. The van der Waals surface area contributed by atoms with Gasteiger partial charge in [-0.1, -0.05) is 17.7 Å². The maximum Gasteiger partial charge on any atom is 0.319 e. The SMILES string of the molecule is C[C@H](Oc1nc2c3c(c(Cl)c(-c4ccc(F)c5sc(N)c(C#N)c45)c(F)c3n1)CCCN2C1(C)COC1)[C@@H]1CCCN1C. The molecule has 8 nitrogen and oxygen atoms in total. The van der Waals surface area contributed by atoms with Crippen LogP contribution in [0.5, 0.6) is 6.01 Å². The number of benzene rings is 2. The van der Waals surface area contributed by atoms with Crippen molar-refractivity contribution in [3.63, 3.8) is 0 Å². The molecule has 43 heavy (non-hydrogen) atoms. The number of halogens is 3. The third-order valence-electron chi connectivity index (χ3n) is 9.23. The summed E-state index contributed by atoms with van der Waals surface area (Å²) in [6, 6.07) is 5.06. The van der Waals surface area contributed by atoms with Crippen LogP contribution in [0.1, 0.15) is 44.2 Å². The van der Waals surface area contributed by atoms with E-state index in [1.54, 1.807) is 0 Å². The molecule has 2 aromatic carbocycles. The molecule has 7 rings (SSSR count). The summed E-state index contributed by atoms with van der Waals surface area (Å²) >= 11 is 8.07. The molecule has 0 amide bonds.